The smallest absolute Gasteiger partial charge is 0.318 e. The van der Waals surface area contributed by atoms with Crippen molar-refractivity contribution in [2.75, 3.05) is 11.9 Å². The first-order valence-corrected chi connectivity index (χ1v) is 10.5. The normalized spacial score (nSPS) is 15.8. The van der Waals surface area contributed by atoms with E-state index < -0.39 is 17.8 Å². The van der Waals surface area contributed by atoms with Crippen molar-refractivity contribution < 1.29 is 14.4 Å². The maximum absolute atomic E-state index is 13.2. The minimum absolute atomic E-state index is 0.0704. The number of urea groups is 1. The van der Waals surface area contributed by atoms with E-state index in [-0.39, 0.29) is 5.57 Å². The monoisotopic (exact) mass is 447 g/mol. The number of aromatic nitrogens is 1. The van der Waals surface area contributed by atoms with Crippen LogP contribution in [0, 0.1) is 20.8 Å². The zero-order chi connectivity index (χ0) is 23.2. The molecule has 3 aromatic rings. The summed E-state index contributed by atoms with van der Waals surface area (Å²) in [6.07, 6.45) is 1.56. The van der Waals surface area contributed by atoms with Crippen LogP contribution in [0.25, 0.3) is 11.8 Å². The van der Waals surface area contributed by atoms with Gasteiger partial charge in [0.15, 0.2) is 0 Å². The Morgan fingerprint density at radius 1 is 0.875 bits per heavy atom. The third-order valence-electron chi connectivity index (χ3n) is 5.64. The van der Waals surface area contributed by atoms with E-state index in [4.69, 9.17) is 11.6 Å². The van der Waals surface area contributed by atoms with E-state index in [0.717, 1.165) is 32.4 Å². The van der Waals surface area contributed by atoms with Gasteiger partial charge in [-0.2, -0.15) is 0 Å². The first-order chi connectivity index (χ1) is 15.2. The highest BCUT2D eigenvalue weighted by molar-refractivity contribution is 6.39. The number of amides is 4. The summed E-state index contributed by atoms with van der Waals surface area (Å²) in [4.78, 5) is 40.8. The van der Waals surface area contributed by atoms with E-state index in [0.29, 0.717) is 16.3 Å². The van der Waals surface area contributed by atoms with Crippen LogP contribution in [0.3, 0.4) is 0 Å². The van der Waals surface area contributed by atoms with Gasteiger partial charge in [0.1, 0.15) is 5.57 Å². The number of carbonyl (C=O) groups is 3. The summed E-state index contributed by atoms with van der Waals surface area (Å²) in [5.74, 6) is -1.27. The van der Waals surface area contributed by atoms with Gasteiger partial charge in [0.2, 0.25) is 0 Å². The topological polar surface area (TPSA) is 62.6 Å². The van der Waals surface area contributed by atoms with Gasteiger partial charge in [-0.15, -0.1) is 0 Å². The van der Waals surface area contributed by atoms with Gasteiger partial charge in [-0.25, -0.2) is 9.69 Å². The van der Waals surface area contributed by atoms with Crippen molar-refractivity contribution in [3.8, 4) is 5.69 Å². The lowest BCUT2D eigenvalue weighted by Crippen LogP contribution is -2.55. The Morgan fingerprint density at radius 3 is 2.25 bits per heavy atom. The number of anilines is 1. The zero-order valence-electron chi connectivity index (χ0n) is 18.2. The number of likely N-dealkylation sites (N-methyl/N-ethyl adjacent to an activating group) is 1. The van der Waals surface area contributed by atoms with E-state index in [2.05, 4.69) is 0 Å². The summed E-state index contributed by atoms with van der Waals surface area (Å²) in [6, 6.07) is 15.5. The molecule has 0 saturated carbocycles. The fraction of sp³-hybridized carbons (Fsp3) is 0.160. The lowest BCUT2D eigenvalue weighted by atomic mass is 10.1. The molecule has 0 bridgehead atoms. The third kappa shape index (κ3) is 3.52. The Hall–Kier alpha value is -3.64. The lowest BCUT2D eigenvalue weighted by Gasteiger charge is -2.31. The number of aryl methyl sites for hydroxylation is 2. The second kappa shape index (κ2) is 8.13. The van der Waals surface area contributed by atoms with Crippen LogP contribution >= 0.6 is 11.6 Å². The molecule has 2 heterocycles. The predicted octanol–water partition coefficient (Wildman–Crippen LogP) is 5.06. The largest absolute Gasteiger partial charge is 0.338 e. The van der Waals surface area contributed by atoms with Crippen molar-refractivity contribution in [3.05, 3.63) is 87.7 Å². The molecule has 6 nitrogen and oxygen atoms in total. The number of hydrogen-bond donors (Lipinski definition) is 0. The Bertz CT molecular complexity index is 1290. The molecule has 0 unspecified atom stereocenters. The number of imide groups is 2. The van der Waals surface area contributed by atoms with Crippen molar-refractivity contribution in [2.45, 2.75) is 20.8 Å². The van der Waals surface area contributed by atoms with E-state index in [1.165, 1.54) is 7.05 Å². The first-order valence-electron chi connectivity index (χ1n) is 10.1. The molecule has 0 aliphatic carbocycles. The summed E-state index contributed by atoms with van der Waals surface area (Å²) in [6.45, 7) is 5.86. The summed E-state index contributed by atoms with van der Waals surface area (Å²) < 4.78 is 2.04. The zero-order valence-corrected chi connectivity index (χ0v) is 19.0. The first kappa shape index (κ1) is 21.6. The van der Waals surface area contributed by atoms with Crippen molar-refractivity contribution in [1.82, 2.24) is 9.47 Å². The standard InChI is InChI=1S/C25H22ClN3O3/c1-15-10-11-19(26)14-22(15)28-16(2)12-18(17(28)3)13-21-23(30)27(4)25(32)29(24(21)31)20-8-6-5-7-9-20/h5-14H,1-4H3/b21-13+. The number of halogens is 1. The molecule has 4 amide bonds. The molecule has 1 aliphatic rings. The van der Waals surface area contributed by atoms with Crippen LogP contribution in [0.4, 0.5) is 10.5 Å². The minimum atomic E-state index is -0.677. The molecular weight excluding hydrogens is 426 g/mol. The highest BCUT2D eigenvalue weighted by Gasteiger charge is 2.41. The molecule has 32 heavy (non-hydrogen) atoms. The molecule has 4 rings (SSSR count). The molecule has 7 heteroatoms. The van der Waals surface area contributed by atoms with E-state index in [9.17, 15) is 14.4 Å². The van der Waals surface area contributed by atoms with Crippen LogP contribution in [0.1, 0.15) is 22.5 Å². The van der Waals surface area contributed by atoms with Gasteiger partial charge in [-0.1, -0.05) is 35.9 Å². The Labute approximate surface area is 191 Å². The van der Waals surface area contributed by atoms with Crippen LogP contribution in [-0.4, -0.2) is 34.4 Å². The van der Waals surface area contributed by atoms with Crippen molar-refractivity contribution in [3.63, 3.8) is 0 Å². The van der Waals surface area contributed by atoms with Crippen molar-refractivity contribution >= 4 is 41.2 Å². The van der Waals surface area contributed by atoms with Gasteiger partial charge >= 0.3 is 6.03 Å². The second-order valence-electron chi connectivity index (χ2n) is 7.77. The van der Waals surface area contributed by atoms with Crippen LogP contribution < -0.4 is 4.90 Å². The van der Waals surface area contributed by atoms with Crippen LogP contribution in [-0.2, 0) is 9.59 Å². The number of rotatable bonds is 3. The van der Waals surface area contributed by atoms with E-state index >= 15 is 0 Å². The van der Waals surface area contributed by atoms with Crippen LogP contribution in [0.15, 0.2) is 60.2 Å². The summed E-state index contributed by atoms with van der Waals surface area (Å²) in [5, 5.41) is 0.620. The molecular formula is C25H22ClN3O3. The average Bonchev–Trinajstić information content (AvgIpc) is 3.05. The number of para-hydroxylation sites is 1. The second-order valence-corrected chi connectivity index (χ2v) is 8.21. The maximum atomic E-state index is 13.2. The predicted molar refractivity (Wildman–Crippen MR) is 125 cm³/mol. The highest BCUT2D eigenvalue weighted by Crippen LogP contribution is 2.29. The number of carbonyl (C=O) groups excluding carboxylic acids is 3. The molecule has 1 saturated heterocycles. The van der Waals surface area contributed by atoms with Crippen molar-refractivity contribution in [1.29, 1.82) is 0 Å². The lowest BCUT2D eigenvalue weighted by molar-refractivity contribution is -0.128. The average molecular weight is 448 g/mol. The fourth-order valence-electron chi connectivity index (χ4n) is 3.93. The molecule has 162 valence electrons. The molecule has 0 radical (unpaired) electrons. The Morgan fingerprint density at radius 2 is 1.56 bits per heavy atom. The van der Waals surface area contributed by atoms with Gasteiger partial charge < -0.3 is 4.57 Å². The SMILES string of the molecule is Cc1ccc(Cl)cc1-n1c(C)cc(/C=C2\C(=O)N(C)C(=O)N(c3ccccc3)C2=O)c1C. The number of barbiturate groups is 1. The van der Waals surface area contributed by atoms with E-state index in [1.54, 1.807) is 36.4 Å². The van der Waals surface area contributed by atoms with Gasteiger partial charge in [0.25, 0.3) is 11.8 Å². The molecule has 1 aromatic heterocycles. The van der Waals surface area contributed by atoms with Crippen LogP contribution in [0.5, 0.6) is 0 Å². The van der Waals surface area contributed by atoms with Crippen LogP contribution in [0.2, 0.25) is 5.02 Å². The molecule has 0 spiro atoms. The summed E-state index contributed by atoms with van der Waals surface area (Å²) in [7, 11) is 1.37. The third-order valence-corrected chi connectivity index (χ3v) is 5.88. The Balaban J connectivity index is 1.83. The molecule has 0 atom stereocenters. The summed E-state index contributed by atoms with van der Waals surface area (Å²) in [5.41, 5.74) is 4.81. The van der Waals surface area contributed by atoms with Gasteiger partial charge in [0, 0.05) is 29.1 Å². The maximum Gasteiger partial charge on any atom is 0.338 e. The van der Waals surface area contributed by atoms with Gasteiger partial charge in [0.05, 0.1) is 5.69 Å². The molecule has 2 aromatic carbocycles. The van der Waals surface area contributed by atoms with E-state index in [1.807, 2.05) is 49.6 Å². The molecule has 1 aliphatic heterocycles. The molecule has 0 N–H and O–H groups in total. The quantitative estimate of drug-likeness (QED) is 0.416. The van der Waals surface area contributed by atoms with Gasteiger partial charge in [-0.3, -0.25) is 14.5 Å². The minimum Gasteiger partial charge on any atom is -0.318 e. The highest BCUT2D eigenvalue weighted by atomic mass is 35.5. The number of nitrogens with zero attached hydrogens (tertiary/aromatic N) is 3. The fourth-order valence-corrected chi connectivity index (χ4v) is 4.09. The number of benzene rings is 2. The molecule has 1 fully saturated rings. The van der Waals surface area contributed by atoms with Gasteiger partial charge in [-0.05, 0) is 68.3 Å². The summed E-state index contributed by atoms with van der Waals surface area (Å²) >= 11 is 6.22. The Kier molecular flexibility index (Phi) is 5.48. The van der Waals surface area contributed by atoms with Crippen molar-refractivity contribution in [2.24, 2.45) is 0 Å². The number of hydrogen-bond acceptors (Lipinski definition) is 3.